The summed E-state index contributed by atoms with van der Waals surface area (Å²) in [5, 5.41) is 23.1. The zero-order chi connectivity index (χ0) is 51.5. The van der Waals surface area contributed by atoms with E-state index in [2.05, 4.69) is 55.0 Å². The van der Waals surface area contributed by atoms with Crippen LogP contribution in [0.3, 0.4) is 0 Å². The van der Waals surface area contributed by atoms with Crippen LogP contribution in [0.1, 0.15) is 94.3 Å². The molecule has 4 fully saturated rings. The lowest BCUT2D eigenvalue weighted by Crippen LogP contribution is -2.61. The first-order valence-electron chi connectivity index (χ1n) is 25.0. The molecule has 2 saturated heterocycles. The maximum Gasteiger partial charge on any atom is 0.258 e. The zero-order valence-corrected chi connectivity index (χ0v) is 44.6. The van der Waals surface area contributed by atoms with Crippen molar-refractivity contribution in [2.45, 2.75) is 127 Å². The normalized spacial score (nSPS) is 23.5. The molecular weight excluding hydrogens is 979 g/mol. The number of amides is 4. The van der Waals surface area contributed by atoms with Crippen molar-refractivity contribution in [3.05, 3.63) is 76.0 Å². The molecular formula is C52H68ClFN10O6S2. The minimum absolute atomic E-state index is 0.0563. The number of benzene rings is 2. The van der Waals surface area contributed by atoms with Crippen molar-refractivity contribution in [2.75, 3.05) is 56.7 Å². The van der Waals surface area contributed by atoms with Crippen LogP contribution in [-0.4, -0.2) is 145 Å². The molecule has 388 valence electrons. The maximum atomic E-state index is 15.2. The number of thiazole rings is 1. The fourth-order valence-electron chi connectivity index (χ4n) is 10.3. The first-order valence-corrected chi connectivity index (χ1v) is 27.2. The lowest BCUT2D eigenvalue weighted by atomic mass is 9.82. The van der Waals surface area contributed by atoms with Crippen molar-refractivity contribution in [1.82, 2.24) is 40.3 Å². The highest BCUT2D eigenvalue weighted by atomic mass is 35.5. The molecule has 4 heterocycles. The molecule has 0 bridgehead atoms. The number of anilines is 3. The molecule has 2 aromatic heterocycles. The van der Waals surface area contributed by atoms with Crippen molar-refractivity contribution < 1.29 is 33.4 Å². The molecule has 1 unspecified atom stereocenters. The molecule has 72 heavy (non-hydrogen) atoms. The number of aryl methyl sites for hydroxylation is 1. The van der Waals surface area contributed by atoms with Gasteiger partial charge < -0.3 is 40.9 Å². The summed E-state index contributed by atoms with van der Waals surface area (Å²) < 4.78 is 20.0. The summed E-state index contributed by atoms with van der Waals surface area (Å²) in [5.41, 5.74) is 3.82. The highest BCUT2D eigenvalue weighted by molar-refractivity contribution is 8.00. The summed E-state index contributed by atoms with van der Waals surface area (Å²) in [4.78, 5) is 75.5. The molecule has 2 aliphatic carbocycles. The molecule has 0 radical (unpaired) electrons. The number of hydrogen-bond donors (Lipinski definition) is 5. The van der Waals surface area contributed by atoms with Gasteiger partial charge in [-0.2, -0.15) is 16.7 Å². The van der Waals surface area contributed by atoms with E-state index in [1.165, 1.54) is 11.1 Å². The van der Waals surface area contributed by atoms with Crippen LogP contribution < -0.4 is 26.0 Å². The van der Waals surface area contributed by atoms with E-state index >= 15 is 4.39 Å². The summed E-state index contributed by atoms with van der Waals surface area (Å²) in [7, 11) is 3.28. The van der Waals surface area contributed by atoms with Gasteiger partial charge in [-0.05, 0) is 120 Å². The molecule has 2 aromatic carbocycles. The van der Waals surface area contributed by atoms with Gasteiger partial charge in [-0.1, -0.05) is 35.9 Å². The minimum atomic E-state index is -2.00. The number of hydrogen-bond acceptors (Lipinski definition) is 14. The Hall–Kier alpha value is -5.08. The number of ether oxygens (including phenoxy) is 1. The molecule has 5 atom stereocenters. The smallest absolute Gasteiger partial charge is 0.258 e. The fourth-order valence-corrected chi connectivity index (χ4v) is 12.6. The summed E-state index contributed by atoms with van der Waals surface area (Å²) in [5.74, 6) is 1.16. The van der Waals surface area contributed by atoms with Crippen molar-refractivity contribution in [3.8, 4) is 16.2 Å². The minimum Gasteiger partial charge on any atom is -0.495 e. The van der Waals surface area contributed by atoms with Gasteiger partial charge in [0.1, 0.15) is 28.7 Å². The second-order valence-corrected chi connectivity index (χ2v) is 23.5. The Kier molecular flexibility index (Phi) is 16.7. The molecule has 2 aliphatic heterocycles. The molecule has 16 nitrogen and oxygen atoms in total. The quantitative estimate of drug-likeness (QED) is 0.0660. The van der Waals surface area contributed by atoms with Gasteiger partial charge in [-0.25, -0.2) is 14.4 Å². The van der Waals surface area contributed by atoms with Gasteiger partial charge >= 0.3 is 0 Å². The fraction of sp³-hybridized carbons (Fsp3) is 0.558. The number of piperazine rings is 1. The number of nitrogens with one attached hydrogen (secondary N) is 4. The first kappa shape index (κ1) is 53.2. The predicted octanol–water partition coefficient (Wildman–Crippen LogP) is 7.47. The standard InChI is InChI=1S/C52H68ClFN10O6S2/c1-30-24-62(47(67)37-16-17-40(42(20-37)70-7)59-50-57-23-39(53)45(55-6)61-50)25-31(2)63(30)26-34-8-10-35(11-9-34)28-72-51(4,5)44(60-49(69)52(54)18-19-52)48(68)64-27-38(65)21-41(64)46(66)56-22-33-12-14-36(15-13-33)43-32(3)58-29-71-43/h12-17,20,23,29-31,34-35,38,41,44,65H,8-11,18-19,21-22,24-28H2,1-7H3,(H,56,66)(H,60,69)(H2,55,57,59,61)/t30-,31+,34-,35-,38-,41+,44?/m1/s1. The Morgan fingerprint density at radius 3 is 2.35 bits per heavy atom. The van der Waals surface area contributed by atoms with Crippen LogP contribution in [0.2, 0.25) is 5.02 Å². The molecule has 2 saturated carbocycles. The number of methoxy groups -OCH3 is 1. The topological polar surface area (TPSA) is 194 Å². The number of rotatable bonds is 18. The average molecular weight is 1050 g/mol. The zero-order valence-electron chi connectivity index (χ0n) is 42.2. The molecule has 5 N–H and O–H groups in total. The molecule has 20 heteroatoms. The lowest BCUT2D eigenvalue weighted by molar-refractivity contribution is -0.143. The first-order chi connectivity index (χ1) is 34.4. The van der Waals surface area contributed by atoms with Gasteiger partial charge in [0.05, 0.1) is 41.2 Å². The monoisotopic (exact) mass is 1050 g/mol. The van der Waals surface area contributed by atoms with Crippen LogP contribution in [0, 0.1) is 18.8 Å². The summed E-state index contributed by atoms with van der Waals surface area (Å²) in [6, 6.07) is 11.4. The van der Waals surface area contributed by atoms with E-state index in [4.69, 9.17) is 16.3 Å². The van der Waals surface area contributed by atoms with E-state index in [0.717, 1.165) is 59.7 Å². The third kappa shape index (κ3) is 12.3. The second kappa shape index (κ2) is 22.6. The summed E-state index contributed by atoms with van der Waals surface area (Å²) >= 11 is 9.32. The largest absolute Gasteiger partial charge is 0.495 e. The van der Waals surface area contributed by atoms with Crippen LogP contribution in [0.5, 0.6) is 5.75 Å². The number of thioether (sulfide) groups is 1. The van der Waals surface area contributed by atoms with Crippen LogP contribution in [-0.2, 0) is 20.9 Å². The molecule has 8 rings (SSSR count). The third-order valence-corrected chi connectivity index (χ3v) is 17.7. The third-order valence-electron chi connectivity index (χ3n) is 14.8. The van der Waals surface area contributed by atoms with Crippen LogP contribution in [0.15, 0.2) is 54.2 Å². The number of likely N-dealkylation sites (tertiary alicyclic amines) is 1. The van der Waals surface area contributed by atoms with Crippen LogP contribution >= 0.6 is 34.7 Å². The van der Waals surface area contributed by atoms with Gasteiger partial charge in [0.25, 0.3) is 11.8 Å². The van der Waals surface area contributed by atoms with E-state index in [1.54, 1.807) is 55.5 Å². The molecule has 4 amide bonds. The number of aliphatic hydroxyl groups excluding tert-OH is 1. The predicted molar refractivity (Wildman–Crippen MR) is 282 cm³/mol. The summed E-state index contributed by atoms with van der Waals surface area (Å²) in [6.45, 7) is 12.4. The maximum absolute atomic E-state index is 15.2. The SMILES string of the molecule is CNc1nc(Nc2ccc(C(=O)N3C[C@@H](C)N(C[C@H]4CC[C@H](CSC(C)(C)C(NC(=O)C5(F)CC5)C(=O)N5C[C@H](O)C[C@H]5C(=O)NCc5ccc(-c6scnc6C)cc5)CC4)[C@@H](C)C3)cc2OC)ncc1Cl. The molecule has 4 aromatic rings. The van der Waals surface area contributed by atoms with E-state index in [0.29, 0.717) is 58.7 Å². The van der Waals surface area contributed by atoms with E-state index in [-0.39, 0.29) is 50.3 Å². The van der Waals surface area contributed by atoms with E-state index < -0.39 is 46.3 Å². The second-order valence-electron chi connectivity index (χ2n) is 20.5. The van der Waals surface area contributed by atoms with Gasteiger partial charge in [-0.3, -0.25) is 24.1 Å². The average Bonchev–Trinajstić information content (AvgIpc) is 3.78. The Balaban J connectivity index is 0.831. The molecule has 0 spiro atoms. The van der Waals surface area contributed by atoms with Gasteiger partial charge in [0.15, 0.2) is 5.67 Å². The number of aromatic nitrogens is 3. The highest BCUT2D eigenvalue weighted by Gasteiger charge is 2.54. The number of halogens is 2. The number of carbonyl (C=O) groups excluding carboxylic acids is 4. The number of carbonyl (C=O) groups is 4. The van der Waals surface area contributed by atoms with Crippen molar-refractivity contribution >= 4 is 75.8 Å². The Bertz CT molecular complexity index is 2580. The Morgan fingerprint density at radius 2 is 1.71 bits per heavy atom. The number of aliphatic hydroxyl groups is 1. The van der Waals surface area contributed by atoms with Gasteiger partial charge in [-0.15, -0.1) is 11.3 Å². The number of β-amino-alcohol motifs (C(OH)–C–C–N with tert-alkyl or cyclic N) is 1. The Morgan fingerprint density at radius 1 is 1.01 bits per heavy atom. The van der Waals surface area contributed by atoms with E-state index in [9.17, 15) is 24.3 Å². The van der Waals surface area contributed by atoms with Crippen LogP contribution in [0.25, 0.3) is 10.4 Å². The van der Waals surface area contributed by atoms with Gasteiger partial charge in [0.2, 0.25) is 17.8 Å². The van der Waals surface area contributed by atoms with Crippen molar-refractivity contribution in [3.63, 3.8) is 0 Å². The van der Waals surface area contributed by atoms with Crippen molar-refractivity contribution in [1.29, 1.82) is 0 Å². The van der Waals surface area contributed by atoms with E-state index in [1.807, 2.05) is 55.4 Å². The van der Waals surface area contributed by atoms with Crippen LogP contribution in [0.4, 0.5) is 21.8 Å². The van der Waals surface area contributed by atoms with Gasteiger partial charge in [0, 0.05) is 68.6 Å². The molecule has 4 aliphatic rings. The summed E-state index contributed by atoms with van der Waals surface area (Å²) in [6.07, 6.45) is 4.95. The highest BCUT2D eigenvalue weighted by Crippen LogP contribution is 2.42. The lowest BCUT2D eigenvalue weighted by Gasteiger charge is -2.46. The number of alkyl halides is 1. The Labute approximate surface area is 435 Å². The van der Waals surface area contributed by atoms with Crippen molar-refractivity contribution in [2.24, 2.45) is 11.8 Å². The number of nitrogens with zero attached hydrogens (tertiary/aromatic N) is 6.